The molecule has 29 heavy (non-hydrogen) atoms. The lowest BCUT2D eigenvalue weighted by molar-refractivity contribution is 0.0486. The normalized spacial score (nSPS) is 21.2. The van der Waals surface area contributed by atoms with Gasteiger partial charge < -0.3 is 14.1 Å². The molecule has 0 saturated carbocycles. The minimum atomic E-state index is -0.578. The van der Waals surface area contributed by atoms with E-state index in [1.54, 1.807) is 4.90 Å². The fourth-order valence-corrected chi connectivity index (χ4v) is 4.28. The molecule has 0 aliphatic carbocycles. The smallest absolute Gasteiger partial charge is 0.291 e. The number of amides is 1. The number of nitrogens with zero attached hydrogens (tertiary/aromatic N) is 1. The van der Waals surface area contributed by atoms with Crippen LogP contribution in [-0.4, -0.2) is 30.1 Å². The molecule has 0 bridgehead atoms. The number of benzene rings is 2. The average molecular weight is 393 g/mol. The molecule has 0 unspecified atom stereocenters. The highest BCUT2D eigenvalue weighted by molar-refractivity contribution is 5.99. The van der Waals surface area contributed by atoms with Crippen molar-refractivity contribution in [3.63, 3.8) is 0 Å². The van der Waals surface area contributed by atoms with Crippen LogP contribution < -0.4 is 5.43 Å². The predicted octanol–water partition coefficient (Wildman–Crippen LogP) is 3.96. The lowest BCUT2D eigenvalue weighted by Crippen LogP contribution is -2.36. The lowest BCUT2D eigenvalue weighted by atomic mass is 9.97. The second-order valence-electron chi connectivity index (χ2n) is 7.72. The van der Waals surface area contributed by atoms with Gasteiger partial charge in [0, 0.05) is 13.2 Å². The van der Waals surface area contributed by atoms with Crippen molar-refractivity contribution < 1.29 is 18.3 Å². The van der Waals surface area contributed by atoms with Crippen molar-refractivity contribution in [2.24, 2.45) is 0 Å². The summed E-state index contributed by atoms with van der Waals surface area (Å²) in [6.45, 7) is 3.03. The minimum absolute atomic E-state index is 0.0395. The second kappa shape index (κ2) is 6.81. The molecule has 2 atom stereocenters. The van der Waals surface area contributed by atoms with Crippen LogP contribution in [0.25, 0.3) is 11.0 Å². The quantitative estimate of drug-likeness (QED) is 0.676. The molecule has 1 saturated heterocycles. The Hall–Kier alpha value is -2.99. The third-order valence-electron chi connectivity index (χ3n) is 5.75. The molecule has 2 aliphatic rings. The molecule has 148 valence electrons. The molecule has 0 radical (unpaired) electrons. The van der Waals surface area contributed by atoms with Crippen molar-refractivity contribution in [3.05, 3.63) is 81.0 Å². The van der Waals surface area contributed by atoms with Gasteiger partial charge in [0.05, 0.1) is 23.1 Å². The van der Waals surface area contributed by atoms with Gasteiger partial charge in [0.15, 0.2) is 5.43 Å². The Morgan fingerprint density at radius 3 is 2.66 bits per heavy atom. The first-order valence-electron chi connectivity index (χ1n) is 9.78. The zero-order chi connectivity index (χ0) is 20.1. The van der Waals surface area contributed by atoms with Gasteiger partial charge in [-0.1, -0.05) is 29.8 Å². The van der Waals surface area contributed by atoms with E-state index < -0.39 is 11.9 Å². The number of carbonyl (C=O) groups is 1. The maximum Gasteiger partial charge on any atom is 0.291 e. The van der Waals surface area contributed by atoms with Gasteiger partial charge in [0.1, 0.15) is 11.4 Å². The third kappa shape index (κ3) is 2.95. The first-order valence-corrected chi connectivity index (χ1v) is 9.78. The Kier molecular flexibility index (Phi) is 4.24. The highest BCUT2D eigenvalue weighted by Crippen LogP contribution is 2.39. The lowest BCUT2D eigenvalue weighted by Gasteiger charge is -2.27. The minimum Gasteiger partial charge on any atom is -0.450 e. The van der Waals surface area contributed by atoms with Crippen LogP contribution in [0.4, 0.5) is 4.39 Å². The molecule has 6 heteroatoms. The zero-order valence-corrected chi connectivity index (χ0v) is 16.0. The fraction of sp³-hybridized carbons (Fsp3) is 0.304. The second-order valence-corrected chi connectivity index (χ2v) is 7.72. The molecule has 2 aromatic carbocycles. The van der Waals surface area contributed by atoms with Crippen LogP contribution in [0.2, 0.25) is 0 Å². The molecule has 3 aromatic rings. The number of carbonyl (C=O) groups excluding carboxylic acids is 1. The van der Waals surface area contributed by atoms with Crippen molar-refractivity contribution in [3.8, 4) is 0 Å². The van der Waals surface area contributed by atoms with Crippen LogP contribution in [0.5, 0.6) is 0 Å². The van der Waals surface area contributed by atoms with Crippen LogP contribution in [0.15, 0.2) is 51.7 Å². The summed E-state index contributed by atoms with van der Waals surface area (Å²) < 4.78 is 25.3. The molecule has 0 spiro atoms. The van der Waals surface area contributed by atoms with Gasteiger partial charge in [0.2, 0.25) is 5.76 Å². The Morgan fingerprint density at radius 2 is 1.93 bits per heavy atom. The van der Waals surface area contributed by atoms with E-state index in [1.807, 2.05) is 31.2 Å². The maximum atomic E-state index is 13.8. The van der Waals surface area contributed by atoms with Crippen molar-refractivity contribution >= 4 is 16.9 Å². The van der Waals surface area contributed by atoms with Gasteiger partial charge in [-0.3, -0.25) is 9.59 Å². The number of aryl methyl sites for hydroxylation is 1. The summed E-state index contributed by atoms with van der Waals surface area (Å²) in [4.78, 5) is 28.2. The van der Waals surface area contributed by atoms with Crippen molar-refractivity contribution in [2.45, 2.75) is 31.9 Å². The van der Waals surface area contributed by atoms with Crippen LogP contribution in [0.1, 0.15) is 46.1 Å². The summed E-state index contributed by atoms with van der Waals surface area (Å²) in [6.07, 6.45) is 1.76. The first-order chi connectivity index (χ1) is 14.0. The van der Waals surface area contributed by atoms with Crippen LogP contribution in [0.3, 0.4) is 0 Å². The number of halogens is 1. The van der Waals surface area contributed by atoms with Crippen LogP contribution in [0, 0.1) is 12.7 Å². The molecule has 5 nitrogen and oxygen atoms in total. The number of rotatable bonds is 3. The highest BCUT2D eigenvalue weighted by atomic mass is 19.1. The Bertz CT molecular complexity index is 1160. The Labute approximate surface area is 166 Å². The number of hydrogen-bond acceptors (Lipinski definition) is 4. The summed E-state index contributed by atoms with van der Waals surface area (Å²) in [5.74, 6) is -0.806. The number of ether oxygens (including phenoxy) is 1. The Balaban J connectivity index is 1.71. The van der Waals surface area contributed by atoms with Gasteiger partial charge >= 0.3 is 0 Å². The Morgan fingerprint density at radius 1 is 1.14 bits per heavy atom. The molecule has 3 heterocycles. The van der Waals surface area contributed by atoms with E-state index in [2.05, 4.69) is 0 Å². The first kappa shape index (κ1) is 18.1. The zero-order valence-electron chi connectivity index (χ0n) is 16.0. The molecule has 5 rings (SSSR count). The van der Waals surface area contributed by atoms with E-state index in [0.29, 0.717) is 13.2 Å². The molecule has 0 N–H and O–H groups in total. The molecule has 1 amide bonds. The van der Waals surface area contributed by atoms with Gasteiger partial charge in [-0.25, -0.2) is 4.39 Å². The number of fused-ring (bicyclic) bond motifs is 2. The van der Waals surface area contributed by atoms with Crippen LogP contribution >= 0.6 is 0 Å². The van der Waals surface area contributed by atoms with Gasteiger partial charge in [-0.2, -0.15) is 0 Å². The van der Waals surface area contributed by atoms with Gasteiger partial charge in [-0.05, 0) is 43.5 Å². The van der Waals surface area contributed by atoms with E-state index in [4.69, 9.17) is 9.15 Å². The molecular weight excluding hydrogens is 373 g/mol. The van der Waals surface area contributed by atoms with E-state index in [-0.39, 0.29) is 39.7 Å². The fourth-order valence-electron chi connectivity index (χ4n) is 4.28. The van der Waals surface area contributed by atoms with Crippen molar-refractivity contribution in [2.75, 3.05) is 13.2 Å². The van der Waals surface area contributed by atoms with E-state index in [0.717, 1.165) is 24.0 Å². The molecular formula is C23H20FNO4. The average Bonchev–Trinajstić information content (AvgIpc) is 3.32. The summed E-state index contributed by atoms with van der Waals surface area (Å²) in [5, 5.41) is 0.146. The van der Waals surface area contributed by atoms with Crippen molar-refractivity contribution in [1.82, 2.24) is 4.90 Å². The van der Waals surface area contributed by atoms with E-state index in [9.17, 15) is 14.0 Å². The largest absolute Gasteiger partial charge is 0.450 e. The summed E-state index contributed by atoms with van der Waals surface area (Å²) in [7, 11) is 0. The number of hydrogen-bond donors (Lipinski definition) is 0. The van der Waals surface area contributed by atoms with Crippen molar-refractivity contribution in [1.29, 1.82) is 0 Å². The predicted molar refractivity (Wildman–Crippen MR) is 105 cm³/mol. The topological polar surface area (TPSA) is 59.8 Å². The van der Waals surface area contributed by atoms with E-state index >= 15 is 0 Å². The summed E-state index contributed by atoms with van der Waals surface area (Å²) >= 11 is 0. The van der Waals surface area contributed by atoms with Gasteiger partial charge in [-0.15, -0.1) is 0 Å². The third-order valence-corrected chi connectivity index (χ3v) is 5.75. The van der Waals surface area contributed by atoms with Crippen LogP contribution in [-0.2, 0) is 4.74 Å². The summed E-state index contributed by atoms with van der Waals surface area (Å²) in [5.41, 5.74) is 2.02. The standard InChI is InChI=1S/C23H20FNO4/c1-13-4-6-14(7-5-13)20-19-21(26)17-11-15(24)8-9-18(17)29-22(19)23(27)25(20)12-16-3-2-10-28-16/h4-9,11,16,20H,2-3,10,12H2,1H3/t16-,20+/m1/s1. The van der Waals surface area contributed by atoms with Gasteiger partial charge in [0.25, 0.3) is 5.91 Å². The monoisotopic (exact) mass is 393 g/mol. The molecule has 2 aliphatic heterocycles. The molecule has 1 fully saturated rings. The highest BCUT2D eigenvalue weighted by Gasteiger charge is 2.43. The SMILES string of the molecule is Cc1ccc([C@H]2c3c(oc4ccc(F)cc4c3=O)C(=O)N2C[C@H]2CCCO2)cc1. The van der Waals surface area contributed by atoms with E-state index in [1.165, 1.54) is 18.2 Å². The maximum absolute atomic E-state index is 13.8. The molecule has 1 aromatic heterocycles. The summed E-state index contributed by atoms with van der Waals surface area (Å²) in [6, 6.07) is 10.9.